The fraction of sp³-hybridized carbons (Fsp3) is 0.548. The van der Waals surface area contributed by atoms with Crippen molar-refractivity contribution in [3.05, 3.63) is 65.2 Å². The third-order valence-electron chi connectivity index (χ3n) is 8.33. The molecular weight excluding hydrogens is 477 g/mol. The van der Waals surface area contributed by atoms with Gasteiger partial charge in [-0.25, -0.2) is 4.79 Å². The van der Waals surface area contributed by atoms with Gasteiger partial charge < -0.3 is 4.90 Å². The van der Waals surface area contributed by atoms with Crippen molar-refractivity contribution in [1.82, 2.24) is 19.5 Å². The maximum absolute atomic E-state index is 16.2. The minimum atomic E-state index is -1.43. The smallest absolute Gasteiger partial charge is 0.349 e. The molecule has 0 radical (unpaired) electrons. The number of hydrogen-bond donors (Lipinski definition) is 0. The van der Waals surface area contributed by atoms with Crippen molar-refractivity contribution in [2.24, 2.45) is 5.10 Å². The van der Waals surface area contributed by atoms with E-state index >= 15 is 4.48 Å². The molecule has 7 heteroatoms. The highest BCUT2D eigenvalue weighted by atomic mass is 19.2. The zero-order valence-corrected chi connectivity index (χ0v) is 23.0. The Morgan fingerprint density at radius 1 is 0.816 bits per heavy atom. The fourth-order valence-corrected chi connectivity index (χ4v) is 5.99. The number of amidine groups is 1. The van der Waals surface area contributed by atoms with Crippen LogP contribution in [0.4, 0.5) is 10.2 Å². The molecule has 3 aliphatic heterocycles. The summed E-state index contributed by atoms with van der Waals surface area (Å²) in [6.45, 7) is 9.78. The van der Waals surface area contributed by atoms with Gasteiger partial charge in [0.25, 0.3) is 0 Å². The molecule has 1 unspecified atom stereocenters. The van der Waals surface area contributed by atoms with Crippen LogP contribution in [-0.2, 0) is 17.9 Å². The van der Waals surface area contributed by atoms with Gasteiger partial charge in [-0.1, -0.05) is 81.8 Å². The molecule has 1 amide bonds. The standard InChI is InChI=1S/C31H43FN5O/c1-2-3-4-5-6-7-8-17-30(38)37(32)29-16-12-11-15-28(29)31(33-37)36-22-20-34(21-23-36)18-19-35-24-26-13-9-10-14-27(26)25-35/h9-16H,2-8,17-25H2,1H3/q+1. The first-order valence-electron chi connectivity index (χ1n) is 14.7. The second-order valence-corrected chi connectivity index (χ2v) is 11.1. The van der Waals surface area contributed by atoms with Crippen molar-refractivity contribution in [3.63, 3.8) is 0 Å². The lowest BCUT2D eigenvalue weighted by atomic mass is 10.1. The van der Waals surface area contributed by atoms with E-state index in [1.54, 1.807) is 12.1 Å². The van der Waals surface area contributed by atoms with Crippen LogP contribution in [-0.4, -0.2) is 65.7 Å². The van der Waals surface area contributed by atoms with Crippen molar-refractivity contribution in [1.29, 1.82) is 0 Å². The largest absolute Gasteiger partial charge is 0.384 e. The Kier molecular flexibility index (Phi) is 8.87. The summed E-state index contributed by atoms with van der Waals surface area (Å²) in [5.41, 5.74) is 4.02. The second kappa shape index (κ2) is 12.5. The molecule has 5 rings (SSSR count). The minimum Gasteiger partial charge on any atom is -0.349 e. The van der Waals surface area contributed by atoms with Crippen LogP contribution in [0.1, 0.15) is 75.0 Å². The number of rotatable bonds is 11. The SMILES string of the molecule is CCCCCCCCCC(=O)[N+]1(F)N=C(N2CCN(CCN3Cc4ccccc4C3)CC2)c2ccccc21. The summed E-state index contributed by atoms with van der Waals surface area (Å²) in [5, 5.41) is 4.45. The molecule has 0 bridgehead atoms. The van der Waals surface area contributed by atoms with Crippen LogP contribution in [0.3, 0.4) is 0 Å². The predicted molar refractivity (Wildman–Crippen MR) is 152 cm³/mol. The molecule has 0 saturated carbocycles. The van der Waals surface area contributed by atoms with E-state index in [1.165, 1.54) is 36.8 Å². The summed E-state index contributed by atoms with van der Waals surface area (Å²) in [4.78, 5) is 18.8. The van der Waals surface area contributed by atoms with E-state index in [4.69, 9.17) is 0 Å². The van der Waals surface area contributed by atoms with Crippen LogP contribution in [0.2, 0.25) is 0 Å². The highest BCUT2D eigenvalue weighted by Crippen LogP contribution is 2.38. The van der Waals surface area contributed by atoms with Crippen molar-refractivity contribution in [2.75, 3.05) is 39.3 Å². The number of carbonyl (C=O) groups is 1. The summed E-state index contributed by atoms with van der Waals surface area (Å²) < 4.78 is 16.2. The minimum absolute atomic E-state index is 0.226. The third-order valence-corrected chi connectivity index (χ3v) is 8.33. The van der Waals surface area contributed by atoms with Gasteiger partial charge in [0.05, 0.1) is 16.8 Å². The Morgan fingerprint density at radius 3 is 2.13 bits per heavy atom. The highest BCUT2D eigenvalue weighted by molar-refractivity contribution is 6.09. The fourth-order valence-electron chi connectivity index (χ4n) is 5.99. The molecule has 2 aromatic rings. The van der Waals surface area contributed by atoms with Gasteiger partial charge in [-0.15, -0.1) is 0 Å². The lowest BCUT2D eigenvalue weighted by molar-refractivity contribution is -0.144. The highest BCUT2D eigenvalue weighted by Gasteiger charge is 2.51. The number of para-hydroxylation sites is 1. The Balaban J connectivity index is 1.13. The number of quaternary nitrogens is 1. The molecule has 204 valence electrons. The summed E-state index contributed by atoms with van der Waals surface area (Å²) >= 11 is 0. The van der Waals surface area contributed by atoms with Crippen LogP contribution in [0.25, 0.3) is 0 Å². The molecule has 2 aromatic carbocycles. The third kappa shape index (κ3) is 6.00. The number of piperazine rings is 1. The number of carbonyl (C=O) groups excluding carboxylic acids is 1. The van der Waals surface area contributed by atoms with Crippen LogP contribution < -0.4 is 4.81 Å². The monoisotopic (exact) mass is 520 g/mol. The number of benzene rings is 2. The molecule has 6 nitrogen and oxygen atoms in total. The molecule has 3 aliphatic rings. The van der Waals surface area contributed by atoms with Gasteiger partial charge in [0, 0.05) is 62.9 Å². The number of halogens is 1. The van der Waals surface area contributed by atoms with Crippen LogP contribution in [0.15, 0.2) is 53.6 Å². The van der Waals surface area contributed by atoms with Gasteiger partial charge in [-0.3, -0.25) is 9.80 Å². The first-order valence-corrected chi connectivity index (χ1v) is 14.7. The van der Waals surface area contributed by atoms with E-state index in [9.17, 15) is 4.79 Å². The average molecular weight is 521 g/mol. The average Bonchev–Trinajstić information content (AvgIpc) is 3.51. The zero-order chi connectivity index (χ0) is 26.4. The van der Waals surface area contributed by atoms with Gasteiger partial charge in [0.1, 0.15) is 0 Å². The lowest BCUT2D eigenvalue weighted by Gasteiger charge is -2.35. The summed E-state index contributed by atoms with van der Waals surface area (Å²) in [5.74, 6) is 0.178. The maximum Gasteiger partial charge on any atom is 0.384 e. The number of unbranched alkanes of at least 4 members (excludes halogenated alkanes) is 6. The van der Waals surface area contributed by atoms with Gasteiger partial charge in [-0.2, -0.15) is 0 Å². The molecule has 0 spiro atoms. The Hall–Kier alpha value is -2.61. The van der Waals surface area contributed by atoms with E-state index in [1.807, 2.05) is 12.1 Å². The summed E-state index contributed by atoms with van der Waals surface area (Å²) in [7, 11) is 0. The predicted octanol–water partition coefficient (Wildman–Crippen LogP) is 5.85. The first-order chi connectivity index (χ1) is 18.6. The van der Waals surface area contributed by atoms with Crippen molar-refractivity contribution in [3.8, 4) is 0 Å². The molecule has 1 saturated heterocycles. The van der Waals surface area contributed by atoms with Crippen molar-refractivity contribution >= 4 is 17.4 Å². The Labute approximate surface area is 227 Å². The van der Waals surface area contributed by atoms with Crippen molar-refractivity contribution in [2.45, 2.75) is 71.4 Å². The maximum atomic E-state index is 16.2. The number of hydrogen-bond acceptors (Lipinski definition) is 5. The van der Waals surface area contributed by atoms with E-state index in [-0.39, 0.29) is 6.42 Å². The first kappa shape index (κ1) is 27.0. The van der Waals surface area contributed by atoms with E-state index < -0.39 is 10.7 Å². The Morgan fingerprint density at radius 2 is 1.42 bits per heavy atom. The van der Waals surface area contributed by atoms with Crippen molar-refractivity contribution < 1.29 is 9.28 Å². The van der Waals surface area contributed by atoms with Gasteiger partial charge in [-0.05, 0) is 28.7 Å². The van der Waals surface area contributed by atoms with Crippen LogP contribution >= 0.6 is 0 Å². The molecule has 0 aromatic heterocycles. The molecule has 1 fully saturated rings. The molecular formula is C31H43FN5O+. The molecule has 38 heavy (non-hydrogen) atoms. The quantitative estimate of drug-likeness (QED) is 0.275. The van der Waals surface area contributed by atoms with E-state index in [0.29, 0.717) is 11.5 Å². The molecule has 0 N–H and O–H groups in total. The second-order valence-electron chi connectivity index (χ2n) is 11.1. The summed E-state index contributed by atoms with van der Waals surface area (Å²) in [6, 6.07) is 16.1. The number of nitrogens with zero attached hydrogens (tertiary/aromatic N) is 5. The molecule has 0 aliphatic carbocycles. The van der Waals surface area contributed by atoms with E-state index in [0.717, 1.165) is 77.2 Å². The lowest BCUT2D eigenvalue weighted by Crippen LogP contribution is -2.50. The molecule has 3 heterocycles. The zero-order valence-electron chi connectivity index (χ0n) is 23.0. The Bertz CT molecular complexity index is 1100. The number of amides is 1. The van der Waals surface area contributed by atoms with Gasteiger partial charge in [0.2, 0.25) is 11.5 Å². The summed E-state index contributed by atoms with van der Waals surface area (Å²) in [6.07, 6.45) is 7.96. The van der Waals surface area contributed by atoms with Gasteiger partial charge in [0.15, 0.2) is 0 Å². The van der Waals surface area contributed by atoms with Crippen LogP contribution in [0, 0.1) is 0 Å². The normalized spacial score (nSPS) is 21.4. The van der Waals surface area contributed by atoms with Crippen LogP contribution in [0.5, 0.6) is 0 Å². The van der Waals surface area contributed by atoms with E-state index in [2.05, 4.69) is 51.0 Å². The van der Waals surface area contributed by atoms with Gasteiger partial charge >= 0.3 is 5.91 Å². The molecule has 1 atom stereocenters. The topological polar surface area (TPSA) is 39.2 Å². The number of fused-ring (bicyclic) bond motifs is 2.